The monoisotopic (exact) mass is 319 g/mol. The minimum Gasteiger partial charge on any atom is -0.350 e. The predicted octanol–water partition coefficient (Wildman–Crippen LogP) is 1.39. The Morgan fingerprint density at radius 1 is 1.23 bits per heavy atom. The van der Waals surface area contributed by atoms with Gasteiger partial charge in [-0.25, -0.2) is 4.39 Å². The van der Waals surface area contributed by atoms with Gasteiger partial charge < -0.3 is 10.6 Å². The van der Waals surface area contributed by atoms with Gasteiger partial charge in [0.05, 0.1) is 0 Å². The zero-order valence-corrected chi connectivity index (χ0v) is 11.8. The van der Waals surface area contributed by atoms with Gasteiger partial charge in [-0.05, 0) is 24.3 Å². The van der Waals surface area contributed by atoms with Crippen molar-refractivity contribution in [3.63, 3.8) is 0 Å². The van der Waals surface area contributed by atoms with E-state index in [1.807, 2.05) is 0 Å². The summed E-state index contributed by atoms with van der Waals surface area (Å²) in [7, 11) is 0. The summed E-state index contributed by atoms with van der Waals surface area (Å²) in [4.78, 5) is 13.1. The summed E-state index contributed by atoms with van der Waals surface area (Å²) in [5.74, 6) is -1.16. The zero-order chi connectivity index (χ0) is 16.2. The van der Waals surface area contributed by atoms with E-state index in [9.17, 15) is 22.4 Å². The van der Waals surface area contributed by atoms with Crippen LogP contribution in [0.2, 0.25) is 0 Å². The fraction of sp³-hybridized carbons (Fsp3) is 0.500. The SMILES string of the molecule is O=C(NCC(N1CCNCC1)C(F)(F)F)c1ccc(F)cc1. The highest BCUT2D eigenvalue weighted by atomic mass is 19.4. The molecule has 0 bridgehead atoms. The Hall–Kier alpha value is -1.67. The van der Waals surface area contributed by atoms with Crippen molar-refractivity contribution in [3.8, 4) is 0 Å². The first-order valence-electron chi connectivity index (χ1n) is 6.93. The van der Waals surface area contributed by atoms with Crippen LogP contribution in [-0.4, -0.2) is 55.7 Å². The molecule has 8 heteroatoms. The fourth-order valence-corrected chi connectivity index (χ4v) is 2.34. The average Bonchev–Trinajstić information content (AvgIpc) is 2.47. The molecule has 0 spiro atoms. The summed E-state index contributed by atoms with van der Waals surface area (Å²) in [6, 6.07) is 2.92. The Labute approximate surface area is 125 Å². The van der Waals surface area contributed by atoms with Crippen molar-refractivity contribution in [2.24, 2.45) is 0 Å². The van der Waals surface area contributed by atoms with Crippen LogP contribution >= 0.6 is 0 Å². The lowest BCUT2D eigenvalue weighted by molar-refractivity contribution is -0.183. The third-order valence-corrected chi connectivity index (χ3v) is 3.53. The molecule has 1 atom stereocenters. The Balaban J connectivity index is 1.98. The molecule has 2 N–H and O–H groups in total. The molecule has 0 saturated carbocycles. The first-order valence-corrected chi connectivity index (χ1v) is 6.93. The van der Waals surface area contributed by atoms with Crippen LogP contribution in [-0.2, 0) is 0 Å². The molecule has 1 fully saturated rings. The quantitative estimate of drug-likeness (QED) is 0.825. The Morgan fingerprint density at radius 2 is 1.82 bits per heavy atom. The number of carbonyl (C=O) groups is 1. The molecule has 4 nitrogen and oxygen atoms in total. The van der Waals surface area contributed by atoms with Gasteiger partial charge in [-0.3, -0.25) is 9.69 Å². The van der Waals surface area contributed by atoms with E-state index in [2.05, 4.69) is 10.6 Å². The van der Waals surface area contributed by atoms with E-state index in [1.165, 1.54) is 17.0 Å². The van der Waals surface area contributed by atoms with Crippen LogP contribution in [0.4, 0.5) is 17.6 Å². The van der Waals surface area contributed by atoms with E-state index in [1.54, 1.807) is 0 Å². The smallest absolute Gasteiger partial charge is 0.350 e. The topological polar surface area (TPSA) is 44.4 Å². The highest BCUT2D eigenvalue weighted by Crippen LogP contribution is 2.24. The van der Waals surface area contributed by atoms with Gasteiger partial charge in [-0.2, -0.15) is 13.2 Å². The second-order valence-corrected chi connectivity index (χ2v) is 5.06. The molecule has 0 aliphatic carbocycles. The van der Waals surface area contributed by atoms with Crippen molar-refractivity contribution in [1.29, 1.82) is 0 Å². The van der Waals surface area contributed by atoms with E-state index >= 15 is 0 Å². The molecule has 1 heterocycles. The Kier molecular flexibility index (Phi) is 5.36. The third kappa shape index (κ3) is 4.41. The van der Waals surface area contributed by atoms with Crippen LogP contribution in [0.3, 0.4) is 0 Å². The van der Waals surface area contributed by atoms with Crippen LogP contribution < -0.4 is 10.6 Å². The fourth-order valence-electron chi connectivity index (χ4n) is 2.34. The highest BCUT2D eigenvalue weighted by molar-refractivity contribution is 5.94. The van der Waals surface area contributed by atoms with Crippen molar-refractivity contribution in [2.45, 2.75) is 12.2 Å². The maximum atomic E-state index is 13.1. The van der Waals surface area contributed by atoms with Crippen LogP contribution in [0.5, 0.6) is 0 Å². The van der Waals surface area contributed by atoms with E-state index < -0.39 is 30.5 Å². The minimum atomic E-state index is -4.42. The first-order chi connectivity index (χ1) is 10.4. The standard InChI is InChI=1S/C14H17F4N3O/c15-11-3-1-10(2-4-11)13(22)20-9-12(14(16,17)18)21-7-5-19-6-8-21/h1-4,12,19H,5-9H2,(H,20,22). The molecule has 1 aromatic carbocycles. The summed E-state index contributed by atoms with van der Waals surface area (Å²) in [6.07, 6.45) is -4.42. The largest absolute Gasteiger partial charge is 0.405 e. The molecule has 122 valence electrons. The van der Waals surface area contributed by atoms with Gasteiger partial charge in [0, 0.05) is 38.3 Å². The number of alkyl halides is 3. The second kappa shape index (κ2) is 7.06. The number of rotatable bonds is 4. The molecule has 0 radical (unpaired) electrons. The summed E-state index contributed by atoms with van der Waals surface area (Å²) in [6.45, 7) is 0.990. The lowest BCUT2D eigenvalue weighted by Gasteiger charge is -2.35. The summed E-state index contributed by atoms with van der Waals surface area (Å²) < 4.78 is 52.2. The van der Waals surface area contributed by atoms with Gasteiger partial charge in [0.1, 0.15) is 11.9 Å². The van der Waals surface area contributed by atoms with E-state index in [-0.39, 0.29) is 18.7 Å². The maximum Gasteiger partial charge on any atom is 0.405 e. The van der Waals surface area contributed by atoms with Gasteiger partial charge in [0.25, 0.3) is 5.91 Å². The third-order valence-electron chi connectivity index (χ3n) is 3.53. The molecule has 1 saturated heterocycles. The van der Waals surface area contributed by atoms with Crippen molar-refractivity contribution in [2.75, 3.05) is 32.7 Å². The zero-order valence-electron chi connectivity index (χ0n) is 11.8. The van der Waals surface area contributed by atoms with Crippen molar-refractivity contribution < 1.29 is 22.4 Å². The number of carbonyl (C=O) groups excluding carboxylic acids is 1. The van der Waals surface area contributed by atoms with Crippen molar-refractivity contribution in [3.05, 3.63) is 35.6 Å². The number of halogens is 4. The van der Waals surface area contributed by atoms with Gasteiger partial charge >= 0.3 is 6.18 Å². The van der Waals surface area contributed by atoms with Crippen molar-refractivity contribution >= 4 is 5.91 Å². The van der Waals surface area contributed by atoms with Gasteiger partial charge in [0.15, 0.2) is 0 Å². The van der Waals surface area contributed by atoms with Gasteiger partial charge in [0.2, 0.25) is 0 Å². The lowest BCUT2D eigenvalue weighted by Crippen LogP contribution is -2.57. The van der Waals surface area contributed by atoms with E-state index in [4.69, 9.17) is 0 Å². The van der Waals surface area contributed by atoms with E-state index in [0.717, 1.165) is 12.1 Å². The predicted molar refractivity (Wildman–Crippen MR) is 73.0 cm³/mol. The number of hydrogen-bond acceptors (Lipinski definition) is 3. The molecule has 2 rings (SSSR count). The first kappa shape index (κ1) is 16.7. The molecular weight excluding hydrogens is 302 g/mol. The van der Waals surface area contributed by atoms with Crippen LogP contribution in [0.1, 0.15) is 10.4 Å². The number of nitrogens with one attached hydrogen (secondary N) is 2. The second-order valence-electron chi connectivity index (χ2n) is 5.06. The normalized spacial score (nSPS) is 18.0. The Morgan fingerprint density at radius 3 is 2.36 bits per heavy atom. The van der Waals surface area contributed by atoms with Crippen LogP contribution in [0, 0.1) is 5.82 Å². The summed E-state index contributed by atoms with van der Waals surface area (Å²) >= 11 is 0. The molecule has 1 aromatic rings. The molecule has 1 aliphatic heterocycles. The van der Waals surface area contributed by atoms with Crippen LogP contribution in [0.25, 0.3) is 0 Å². The number of nitrogens with zero attached hydrogens (tertiary/aromatic N) is 1. The lowest BCUT2D eigenvalue weighted by atomic mass is 10.1. The minimum absolute atomic E-state index is 0.127. The molecule has 22 heavy (non-hydrogen) atoms. The summed E-state index contributed by atoms with van der Waals surface area (Å²) in [5.41, 5.74) is 0.127. The van der Waals surface area contributed by atoms with Gasteiger partial charge in [-0.15, -0.1) is 0 Å². The molecule has 1 aliphatic rings. The van der Waals surface area contributed by atoms with E-state index in [0.29, 0.717) is 13.1 Å². The van der Waals surface area contributed by atoms with Crippen molar-refractivity contribution in [1.82, 2.24) is 15.5 Å². The number of amides is 1. The van der Waals surface area contributed by atoms with Gasteiger partial charge in [-0.1, -0.05) is 0 Å². The Bertz CT molecular complexity index is 498. The summed E-state index contributed by atoms with van der Waals surface area (Å²) in [5, 5.41) is 5.26. The highest BCUT2D eigenvalue weighted by Gasteiger charge is 2.43. The average molecular weight is 319 g/mol. The molecule has 0 aromatic heterocycles. The van der Waals surface area contributed by atoms with Crippen LogP contribution in [0.15, 0.2) is 24.3 Å². The maximum absolute atomic E-state index is 13.1. The number of piperazine rings is 1. The molecular formula is C14H17F4N3O. The number of benzene rings is 1. The number of hydrogen-bond donors (Lipinski definition) is 2. The molecule has 1 amide bonds. The molecule has 1 unspecified atom stereocenters.